The maximum atomic E-state index is 12.3. The van der Waals surface area contributed by atoms with Gasteiger partial charge in [0.25, 0.3) is 0 Å². The van der Waals surface area contributed by atoms with Gasteiger partial charge in [0.15, 0.2) is 5.75 Å². The molecule has 0 unspecified atom stereocenters. The Morgan fingerprint density at radius 3 is 2.46 bits per heavy atom. The molecule has 0 aliphatic rings. The second kappa shape index (κ2) is 8.07. The minimum Gasteiger partial charge on any atom is -0.497 e. The van der Waals surface area contributed by atoms with E-state index in [1.54, 1.807) is 36.4 Å². The predicted molar refractivity (Wildman–Crippen MR) is 95.8 cm³/mol. The van der Waals surface area contributed by atoms with Crippen LogP contribution in [0.5, 0.6) is 11.5 Å². The summed E-state index contributed by atoms with van der Waals surface area (Å²) in [7, 11) is 1.53. The first kappa shape index (κ1) is 18.2. The highest BCUT2D eigenvalue weighted by atomic mass is 79.9. The smallest absolute Gasteiger partial charge is 0.343 e. The van der Waals surface area contributed by atoms with Crippen LogP contribution in [0.25, 0.3) is 6.08 Å². The quantitative estimate of drug-likeness (QED) is 0.282. The third-order valence-electron chi connectivity index (χ3n) is 2.93. The molecule has 0 radical (unpaired) electrons. The lowest BCUT2D eigenvalue weighted by Crippen LogP contribution is -2.09. The largest absolute Gasteiger partial charge is 0.497 e. The minimum absolute atomic E-state index is 0.192. The fraction of sp³-hybridized carbons (Fsp3) is 0.0625. The van der Waals surface area contributed by atoms with Crippen LogP contribution in [0.1, 0.15) is 15.9 Å². The van der Waals surface area contributed by atoms with Crippen LogP contribution in [0.3, 0.4) is 0 Å². The first-order valence-electron chi connectivity index (χ1n) is 6.57. The molecule has 0 aliphatic carbocycles. The van der Waals surface area contributed by atoms with Crippen molar-refractivity contribution in [1.29, 1.82) is 0 Å². The molecule has 0 saturated carbocycles. The van der Waals surface area contributed by atoms with Crippen molar-refractivity contribution in [2.75, 3.05) is 7.11 Å². The average Bonchev–Trinajstić information content (AvgIpc) is 2.55. The van der Waals surface area contributed by atoms with Crippen molar-refractivity contribution >= 4 is 43.9 Å². The van der Waals surface area contributed by atoms with Gasteiger partial charge in [-0.3, -0.25) is 10.1 Å². The highest BCUT2D eigenvalue weighted by molar-refractivity contribution is 9.11. The van der Waals surface area contributed by atoms with E-state index in [9.17, 15) is 14.9 Å². The van der Waals surface area contributed by atoms with Crippen LogP contribution in [0.4, 0.5) is 0 Å². The van der Waals surface area contributed by atoms with E-state index in [0.29, 0.717) is 25.8 Å². The van der Waals surface area contributed by atoms with Crippen molar-refractivity contribution < 1.29 is 19.2 Å². The van der Waals surface area contributed by atoms with Gasteiger partial charge in [-0.1, -0.05) is 15.9 Å². The van der Waals surface area contributed by atoms with Crippen LogP contribution in [-0.4, -0.2) is 18.0 Å². The molecular weight excluding hydrogens is 446 g/mol. The second-order valence-electron chi connectivity index (χ2n) is 4.53. The number of methoxy groups -OCH3 is 1. The monoisotopic (exact) mass is 455 g/mol. The molecule has 0 N–H and O–H groups in total. The fourth-order valence-electron chi connectivity index (χ4n) is 1.83. The Hall–Kier alpha value is -2.19. The minimum atomic E-state index is -0.593. The van der Waals surface area contributed by atoms with Crippen LogP contribution >= 0.6 is 31.9 Å². The van der Waals surface area contributed by atoms with Crippen molar-refractivity contribution in [3.63, 3.8) is 0 Å². The highest BCUT2D eigenvalue weighted by Crippen LogP contribution is 2.34. The number of benzene rings is 2. The number of hydrogen-bond donors (Lipinski definition) is 0. The number of nitrogens with zero attached hydrogens (tertiary/aromatic N) is 1. The third kappa shape index (κ3) is 4.65. The van der Waals surface area contributed by atoms with Crippen LogP contribution in [-0.2, 0) is 0 Å². The lowest BCUT2D eigenvalue weighted by Gasteiger charge is -2.10. The lowest BCUT2D eigenvalue weighted by molar-refractivity contribution is -0.400. The Morgan fingerprint density at radius 1 is 1.21 bits per heavy atom. The molecule has 124 valence electrons. The molecule has 0 aliphatic heterocycles. The SMILES string of the molecule is COc1ccc(C(=O)Oc2c(Br)cc(Br)cc2/C=C/[N+](=O)[O-])cc1. The maximum Gasteiger partial charge on any atom is 0.343 e. The van der Waals surface area contributed by atoms with E-state index >= 15 is 0 Å². The van der Waals surface area contributed by atoms with Crippen LogP contribution < -0.4 is 9.47 Å². The van der Waals surface area contributed by atoms with Crippen molar-refractivity contribution in [3.8, 4) is 11.5 Å². The molecule has 0 bridgehead atoms. The van der Waals surface area contributed by atoms with E-state index in [2.05, 4.69) is 31.9 Å². The average molecular weight is 457 g/mol. The number of ether oxygens (including phenoxy) is 2. The van der Waals surface area contributed by atoms with Gasteiger partial charge in [0.1, 0.15) is 5.75 Å². The highest BCUT2D eigenvalue weighted by Gasteiger charge is 2.15. The molecule has 2 aromatic carbocycles. The van der Waals surface area contributed by atoms with Gasteiger partial charge in [-0.05, 0) is 52.3 Å². The molecule has 6 nitrogen and oxygen atoms in total. The number of halogens is 2. The summed E-state index contributed by atoms with van der Waals surface area (Å²) in [5, 5.41) is 10.5. The number of carbonyl (C=O) groups is 1. The zero-order chi connectivity index (χ0) is 17.7. The summed E-state index contributed by atoms with van der Waals surface area (Å²) in [6.45, 7) is 0. The Morgan fingerprint density at radius 2 is 1.88 bits per heavy atom. The summed E-state index contributed by atoms with van der Waals surface area (Å²) < 4.78 is 11.6. The topological polar surface area (TPSA) is 78.7 Å². The van der Waals surface area contributed by atoms with Gasteiger partial charge in [-0.15, -0.1) is 0 Å². The molecule has 2 rings (SSSR count). The molecule has 0 heterocycles. The number of rotatable bonds is 5. The molecule has 24 heavy (non-hydrogen) atoms. The Balaban J connectivity index is 2.33. The van der Waals surface area contributed by atoms with E-state index in [1.807, 2.05) is 0 Å². The Labute approximate surface area is 154 Å². The molecular formula is C16H11Br2NO5. The first-order valence-corrected chi connectivity index (χ1v) is 8.16. The van der Waals surface area contributed by atoms with E-state index in [-0.39, 0.29) is 5.75 Å². The molecule has 0 saturated heterocycles. The first-order chi connectivity index (χ1) is 11.4. The Kier molecular flexibility index (Phi) is 6.10. The van der Waals surface area contributed by atoms with Gasteiger partial charge < -0.3 is 9.47 Å². The lowest BCUT2D eigenvalue weighted by atomic mass is 10.2. The number of hydrogen-bond acceptors (Lipinski definition) is 5. The summed E-state index contributed by atoms with van der Waals surface area (Å²) in [5.41, 5.74) is 0.713. The van der Waals surface area contributed by atoms with Gasteiger partial charge in [0.2, 0.25) is 6.20 Å². The molecule has 0 fully saturated rings. The van der Waals surface area contributed by atoms with E-state index in [1.165, 1.54) is 13.2 Å². The zero-order valence-corrected chi connectivity index (χ0v) is 15.5. The van der Waals surface area contributed by atoms with Crippen molar-refractivity contribution in [2.45, 2.75) is 0 Å². The fourth-order valence-corrected chi connectivity index (χ4v) is 3.17. The predicted octanol–water partition coefficient (Wildman–Crippen LogP) is 4.69. The van der Waals surface area contributed by atoms with E-state index < -0.39 is 10.9 Å². The number of nitro groups is 1. The van der Waals surface area contributed by atoms with Gasteiger partial charge in [-0.25, -0.2) is 4.79 Å². The molecule has 0 aromatic heterocycles. The van der Waals surface area contributed by atoms with E-state index in [4.69, 9.17) is 9.47 Å². The van der Waals surface area contributed by atoms with Crippen molar-refractivity contribution in [1.82, 2.24) is 0 Å². The van der Waals surface area contributed by atoms with Gasteiger partial charge in [-0.2, -0.15) is 0 Å². The molecule has 2 aromatic rings. The summed E-state index contributed by atoms with van der Waals surface area (Å²) in [5.74, 6) is 0.222. The molecule has 8 heteroatoms. The summed E-state index contributed by atoms with van der Waals surface area (Å²) >= 11 is 6.59. The van der Waals surface area contributed by atoms with Gasteiger partial charge in [0, 0.05) is 16.1 Å². The third-order valence-corrected chi connectivity index (χ3v) is 3.98. The summed E-state index contributed by atoms with van der Waals surface area (Å²) in [6, 6.07) is 9.71. The standard InChI is InChI=1S/C16H11Br2NO5/c1-23-13-4-2-10(3-5-13)16(20)24-15-11(6-7-19(21)22)8-12(17)9-14(15)18/h2-9H,1H3/b7-6+. The second-order valence-corrected chi connectivity index (χ2v) is 6.30. The summed E-state index contributed by atoms with van der Waals surface area (Å²) in [4.78, 5) is 22.2. The van der Waals surface area contributed by atoms with Crippen molar-refractivity contribution in [3.05, 3.63) is 72.8 Å². The molecule has 0 spiro atoms. The number of carbonyl (C=O) groups excluding carboxylic acids is 1. The molecule has 0 amide bonds. The molecule has 0 atom stereocenters. The summed E-state index contributed by atoms with van der Waals surface area (Å²) in [6.07, 6.45) is 2.03. The van der Waals surface area contributed by atoms with E-state index in [0.717, 1.165) is 6.20 Å². The number of esters is 1. The van der Waals surface area contributed by atoms with Crippen LogP contribution in [0.2, 0.25) is 0 Å². The maximum absolute atomic E-state index is 12.3. The normalized spacial score (nSPS) is 10.6. The zero-order valence-electron chi connectivity index (χ0n) is 12.4. The van der Waals surface area contributed by atoms with Gasteiger partial charge in [0.05, 0.1) is 22.1 Å². The van der Waals surface area contributed by atoms with Gasteiger partial charge >= 0.3 is 5.97 Å². The van der Waals surface area contributed by atoms with Crippen molar-refractivity contribution in [2.24, 2.45) is 0 Å². The Bertz CT molecular complexity index is 803. The van der Waals surface area contributed by atoms with Crippen LogP contribution in [0.15, 0.2) is 51.5 Å². The van der Waals surface area contributed by atoms with Crippen LogP contribution in [0, 0.1) is 10.1 Å².